The maximum absolute atomic E-state index is 12.2. The van der Waals surface area contributed by atoms with Crippen LogP contribution in [0.4, 0.5) is 5.69 Å². The van der Waals surface area contributed by atoms with Crippen molar-refractivity contribution in [2.75, 3.05) is 11.9 Å². The van der Waals surface area contributed by atoms with E-state index in [1.54, 1.807) is 30.3 Å². The molecule has 2 rings (SSSR count). The molecule has 2 aromatic rings. The Hall–Kier alpha value is -2.14. The molecule has 0 aliphatic carbocycles. The Morgan fingerprint density at radius 2 is 1.65 bits per heavy atom. The normalized spacial score (nSPS) is 10.4. The Morgan fingerprint density at radius 1 is 1.00 bits per heavy atom. The summed E-state index contributed by atoms with van der Waals surface area (Å²) in [5, 5.41) is 5.67. The summed E-state index contributed by atoms with van der Waals surface area (Å²) in [6.45, 7) is 4.72. The summed E-state index contributed by atoms with van der Waals surface area (Å²) in [5.74, 6) is 0.0960. The Balaban J connectivity index is 2.01. The molecule has 0 fully saturated rings. The molecule has 0 aliphatic rings. The molecule has 2 N–H and O–H groups in total. The lowest BCUT2D eigenvalue weighted by Crippen LogP contribution is -2.27. The summed E-state index contributed by atoms with van der Waals surface area (Å²) in [6, 6.07) is 14.1. The maximum Gasteiger partial charge on any atom is 0.256 e. The lowest BCUT2D eigenvalue weighted by atomic mass is 10.1. The Bertz CT molecular complexity index is 696. The second-order valence-corrected chi connectivity index (χ2v) is 6.47. The van der Waals surface area contributed by atoms with Gasteiger partial charge in [0.1, 0.15) is 0 Å². The van der Waals surface area contributed by atoms with Crippen LogP contribution in [0.25, 0.3) is 0 Å². The number of hydrogen-bond acceptors (Lipinski definition) is 2. The topological polar surface area (TPSA) is 58.2 Å². The average Bonchev–Trinajstić information content (AvgIpc) is 2.53. The third kappa shape index (κ3) is 4.93. The van der Waals surface area contributed by atoms with Gasteiger partial charge >= 0.3 is 0 Å². The lowest BCUT2D eigenvalue weighted by molar-refractivity contribution is 0.0948. The molecule has 2 amide bonds. The van der Waals surface area contributed by atoms with E-state index < -0.39 is 0 Å². The molecule has 0 unspecified atom stereocenters. The summed E-state index contributed by atoms with van der Waals surface area (Å²) >= 11 is 3.36. The van der Waals surface area contributed by atoms with Crippen molar-refractivity contribution < 1.29 is 9.59 Å². The number of halogens is 1. The molecule has 0 saturated carbocycles. The van der Waals surface area contributed by atoms with Gasteiger partial charge in [0.05, 0.1) is 5.56 Å². The average molecular weight is 375 g/mol. The highest BCUT2D eigenvalue weighted by molar-refractivity contribution is 9.10. The Morgan fingerprint density at radius 3 is 2.26 bits per heavy atom. The fourth-order valence-electron chi connectivity index (χ4n) is 1.95. The van der Waals surface area contributed by atoms with Crippen LogP contribution in [0.5, 0.6) is 0 Å². The van der Waals surface area contributed by atoms with Gasteiger partial charge in [-0.1, -0.05) is 26.0 Å². The number of benzene rings is 2. The van der Waals surface area contributed by atoms with Crippen molar-refractivity contribution in [3.05, 3.63) is 64.1 Å². The van der Waals surface area contributed by atoms with Crippen LogP contribution in [0.15, 0.2) is 53.0 Å². The number of hydrogen-bond donors (Lipinski definition) is 2. The number of anilines is 1. The van der Waals surface area contributed by atoms with Crippen LogP contribution in [-0.4, -0.2) is 18.4 Å². The van der Waals surface area contributed by atoms with Crippen molar-refractivity contribution in [3.63, 3.8) is 0 Å². The van der Waals surface area contributed by atoms with Gasteiger partial charge in [-0.3, -0.25) is 9.59 Å². The van der Waals surface area contributed by atoms with Crippen LogP contribution >= 0.6 is 15.9 Å². The fraction of sp³-hybridized carbons (Fsp3) is 0.222. The van der Waals surface area contributed by atoms with Crippen molar-refractivity contribution in [3.8, 4) is 0 Å². The molecule has 0 aliphatic heterocycles. The molecule has 0 atom stereocenters. The van der Waals surface area contributed by atoms with Gasteiger partial charge in [0.15, 0.2) is 0 Å². The molecule has 0 radical (unpaired) electrons. The summed E-state index contributed by atoms with van der Waals surface area (Å²) < 4.78 is 0.738. The van der Waals surface area contributed by atoms with Gasteiger partial charge in [0, 0.05) is 22.3 Å². The van der Waals surface area contributed by atoms with E-state index in [1.807, 2.05) is 32.0 Å². The van der Waals surface area contributed by atoms with Crippen molar-refractivity contribution in [2.45, 2.75) is 13.8 Å². The van der Waals surface area contributed by atoms with E-state index in [2.05, 4.69) is 26.6 Å². The van der Waals surface area contributed by atoms with Crippen molar-refractivity contribution >= 4 is 33.4 Å². The van der Waals surface area contributed by atoms with Crippen LogP contribution in [0.3, 0.4) is 0 Å². The predicted octanol–water partition coefficient (Wildman–Crippen LogP) is 4.09. The minimum atomic E-state index is -0.200. The first-order chi connectivity index (χ1) is 11.0. The molecule has 0 saturated heterocycles. The quantitative estimate of drug-likeness (QED) is 0.827. The zero-order valence-corrected chi connectivity index (χ0v) is 14.7. The predicted molar refractivity (Wildman–Crippen MR) is 95.7 cm³/mol. The third-order valence-corrected chi connectivity index (χ3v) is 3.89. The van der Waals surface area contributed by atoms with Gasteiger partial charge in [0.2, 0.25) is 0 Å². The standard InChI is InChI=1S/C18H19BrN2O2/c1-12(2)11-20-17(22)13-7-9-14(10-8-13)21-18(23)15-5-3-4-6-16(15)19/h3-10,12H,11H2,1-2H3,(H,20,22)(H,21,23). The second kappa shape index (κ2) is 7.92. The van der Waals surface area contributed by atoms with E-state index in [-0.39, 0.29) is 11.8 Å². The SMILES string of the molecule is CC(C)CNC(=O)c1ccc(NC(=O)c2ccccc2Br)cc1. The molecular weight excluding hydrogens is 356 g/mol. The second-order valence-electron chi connectivity index (χ2n) is 5.62. The molecule has 2 aromatic carbocycles. The van der Waals surface area contributed by atoms with Crippen LogP contribution in [0, 0.1) is 5.92 Å². The molecule has 5 heteroatoms. The lowest BCUT2D eigenvalue weighted by Gasteiger charge is -2.09. The number of amides is 2. The monoisotopic (exact) mass is 374 g/mol. The minimum Gasteiger partial charge on any atom is -0.352 e. The number of carbonyl (C=O) groups excluding carboxylic acids is 2. The highest BCUT2D eigenvalue weighted by Gasteiger charge is 2.10. The first-order valence-corrected chi connectivity index (χ1v) is 8.21. The van der Waals surface area contributed by atoms with E-state index in [0.29, 0.717) is 29.3 Å². The summed E-state index contributed by atoms with van der Waals surface area (Å²) in [5.41, 5.74) is 1.78. The largest absolute Gasteiger partial charge is 0.352 e. The van der Waals surface area contributed by atoms with Crippen molar-refractivity contribution in [2.24, 2.45) is 5.92 Å². The fourth-order valence-corrected chi connectivity index (χ4v) is 2.41. The molecule has 120 valence electrons. The van der Waals surface area contributed by atoms with E-state index in [0.717, 1.165) is 4.47 Å². The van der Waals surface area contributed by atoms with Gasteiger partial charge in [-0.05, 0) is 58.2 Å². The number of rotatable bonds is 5. The molecule has 0 bridgehead atoms. The molecular formula is C18H19BrN2O2. The maximum atomic E-state index is 12.2. The summed E-state index contributed by atoms with van der Waals surface area (Å²) in [4.78, 5) is 24.2. The summed E-state index contributed by atoms with van der Waals surface area (Å²) in [6.07, 6.45) is 0. The number of carbonyl (C=O) groups is 2. The highest BCUT2D eigenvalue weighted by atomic mass is 79.9. The first-order valence-electron chi connectivity index (χ1n) is 7.41. The Kier molecular flexibility index (Phi) is 5.93. The van der Waals surface area contributed by atoms with Gasteiger partial charge < -0.3 is 10.6 Å². The van der Waals surface area contributed by atoms with Crippen LogP contribution in [-0.2, 0) is 0 Å². The third-order valence-electron chi connectivity index (χ3n) is 3.19. The van der Waals surface area contributed by atoms with Gasteiger partial charge in [-0.25, -0.2) is 0 Å². The highest BCUT2D eigenvalue weighted by Crippen LogP contribution is 2.18. The molecule has 0 aromatic heterocycles. The van der Waals surface area contributed by atoms with Gasteiger partial charge in [-0.2, -0.15) is 0 Å². The molecule has 4 nitrogen and oxygen atoms in total. The minimum absolute atomic E-state index is 0.109. The zero-order chi connectivity index (χ0) is 16.8. The van der Waals surface area contributed by atoms with Gasteiger partial charge in [-0.15, -0.1) is 0 Å². The van der Waals surface area contributed by atoms with E-state index in [4.69, 9.17) is 0 Å². The van der Waals surface area contributed by atoms with Crippen LogP contribution < -0.4 is 10.6 Å². The summed E-state index contributed by atoms with van der Waals surface area (Å²) in [7, 11) is 0. The van der Waals surface area contributed by atoms with Crippen molar-refractivity contribution in [1.82, 2.24) is 5.32 Å². The van der Waals surface area contributed by atoms with E-state index >= 15 is 0 Å². The Labute approximate surface area is 144 Å². The van der Waals surface area contributed by atoms with E-state index in [9.17, 15) is 9.59 Å². The van der Waals surface area contributed by atoms with E-state index in [1.165, 1.54) is 0 Å². The van der Waals surface area contributed by atoms with Crippen molar-refractivity contribution in [1.29, 1.82) is 0 Å². The van der Waals surface area contributed by atoms with Crippen LogP contribution in [0.1, 0.15) is 34.6 Å². The number of nitrogens with one attached hydrogen (secondary N) is 2. The molecule has 23 heavy (non-hydrogen) atoms. The zero-order valence-electron chi connectivity index (χ0n) is 13.1. The first kappa shape index (κ1) is 17.2. The van der Waals surface area contributed by atoms with Crippen LogP contribution in [0.2, 0.25) is 0 Å². The molecule has 0 spiro atoms. The smallest absolute Gasteiger partial charge is 0.256 e. The van der Waals surface area contributed by atoms with Gasteiger partial charge in [0.25, 0.3) is 11.8 Å². The molecule has 0 heterocycles.